The van der Waals surface area contributed by atoms with E-state index in [1.807, 2.05) is 6.08 Å². The lowest BCUT2D eigenvalue weighted by atomic mass is 10.0. The van der Waals surface area contributed by atoms with E-state index in [9.17, 15) is 14.4 Å². The van der Waals surface area contributed by atoms with Gasteiger partial charge in [-0.2, -0.15) is 0 Å². The standard InChI is InChI=1S/C68H118O6/c1-4-7-10-13-16-19-22-25-27-29-31-33-34-35-37-38-40-43-46-49-52-55-58-61-67(70)73-64-65(63-72-66(69)60-57-54-51-48-45-42-24-21-18-15-12-9-6-3)74-68(71)62-59-56-53-50-47-44-41-39-36-32-30-28-26-23-20-17-14-11-8-5-2/h9,12,18,21-22,25,29,31,34-35,42,45,51,54,65H,4-8,10-11,13-17,19-20,23-24,26-28,30,32-33,36-41,43-44,46-50,52-53,55-64H2,1-3H3/b12-9-,21-18-,25-22-,31-29-,35-34-,45-42-,54-51-. The number of carbonyl (C=O) groups excluding carboxylic acids is 3. The van der Waals surface area contributed by atoms with Crippen LogP contribution < -0.4 is 0 Å². The summed E-state index contributed by atoms with van der Waals surface area (Å²) in [5.74, 6) is -0.979. The summed E-state index contributed by atoms with van der Waals surface area (Å²) in [5.41, 5.74) is 0. The molecule has 0 spiro atoms. The molecule has 0 bridgehead atoms. The minimum absolute atomic E-state index is 0.100. The fraction of sp³-hybridized carbons (Fsp3) is 0.750. The van der Waals surface area contributed by atoms with Crippen molar-refractivity contribution < 1.29 is 28.6 Å². The van der Waals surface area contributed by atoms with Gasteiger partial charge < -0.3 is 14.2 Å². The zero-order valence-corrected chi connectivity index (χ0v) is 48.8. The summed E-state index contributed by atoms with van der Waals surface area (Å²) in [6.45, 7) is 6.48. The lowest BCUT2D eigenvalue weighted by molar-refractivity contribution is -0.166. The quantitative estimate of drug-likeness (QED) is 0.0261. The van der Waals surface area contributed by atoms with Crippen LogP contribution in [0.1, 0.15) is 310 Å². The second kappa shape index (κ2) is 62.1. The summed E-state index contributed by atoms with van der Waals surface area (Å²) in [6, 6.07) is 0. The number of allylic oxidation sites excluding steroid dienone is 14. The minimum Gasteiger partial charge on any atom is -0.462 e. The molecule has 426 valence electrons. The maximum absolute atomic E-state index is 12.9. The Kier molecular flexibility index (Phi) is 59.3. The van der Waals surface area contributed by atoms with Gasteiger partial charge in [0.25, 0.3) is 0 Å². The van der Waals surface area contributed by atoms with Gasteiger partial charge in [-0.15, -0.1) is 0 Å². The molecule has 6 heteroatoms. The van der Waals surface area contributed by atoms with Crippen LogP contribution in [0.25, 0.3) is 0 Å². The topological polar surface area (TPSA) is 78.9 Å². The summed E-state index contributed by atoms with van der Waals surface area (Å²) in [7, 11) is 0. The third-order valence-corrected chi connectivity index (χ3v) is 13.6. The van der Waals surface area contributed by atoms with E-state index >= 15 is 0 Å². The molecule has 0 aromatic carbocycles. The molecule has 0 heterocycles. The molecule has 0 rings (SSSR count). The molecule has 1 atom stereocenters. The monoisotopic (exact) mass is 1030 g/mol. The molecule has 0 aliphatic rings. The van der Waals surface area contributed by atoms with Crippen LogP contribution in [0.4, 0.5) is 0 Å². The van der Waals surface area contributed by atoms with Crippen molar-refractivity contribution in [1.82, 2.24) is 0 Å². The molecule has 74 heavy (non-hydrogen) atoms. The zero-order valence-electron chi connectivity index (χ0n) is 48.8. The van der Waals surface area contributed by atoms with Crippen LogP contribution in [0.15, 0.2) is 85.1 Å². The van der Waals surface area contributed by atoms with Gasteiger partial charge in [0.05, 0.1) is 0 Å². The van der Waals surface area contributed by atoms with Crippen LogP contribution in [-0.2, 0) is 28.6 Å². The van der Waals surface area contributed by atoms with Gasteiger partial charge >= 0.3 is 17.9 Å². The summed E-state index contributed by atoms with van der Waals surface area (Å²) < 4.78 is 16.8. The molecule has 0 aliphatic carbocycles. The molecule has 0 saturated heterocycles. The average molecular weight is 1030 g/mol. The van der Waals surface area contributed by atoms with Crippen LogP contribution in [0, 0.1) is 0 Å². The Morgan fingerprint density at radius 2 is 0.554 bits per heavy atom. The van der Waals surface area contributed by atoms with Crippen LogP contribution >= 0.6 is 0 Å². The Bertz CT molecular complexity index is 1420. The smallest absolute Gasteiger partial charge is 0.306 e. The number of hydrogen-bond acceptors (Lipinski definition) is 6. The molecule has 0 aliphatic heterocycles. The molecule has 0 aromatic rings. The fourth-order valence-corrected chi connectivity index (χ4v) is 8.94. The molecule has 1 unspecified atom stereocenters. The van der Waals surface area contributed by atoms with Crippen LogP contribution in [-0.4, -0.2) is 37.2 Å². The first-order chi connectivity index (χ1) is 36.5. The van der Waals surface area contributed by atoms with Crippen molar-refractivity contribution >= 4 is 17.9 Å². The highest BCUT2D eigenvalue weighted by atomic mass is 16.6. The molecular weight excluding hydrogens is 913 g/mol. The predicted octanol–water partition coefficient (Wildman–Crippen LogP) is 21.5. The summed E-state index contributed by atoms with van der Waals surface area (Å²) in [5, 5.41) is 0. The lowest BCUT2D eigenvalue weighted by Crippen LogP contribution is -2.30. The normalized spacial score (nSPS) is 12.6. The SMILES string of the molecule is CC/C=C\C/C=C\C/C=C\C/C=C\CCC(=O)OCC(COC(=O)CCCCCCCCCC/C=C\C/C=C\C/C=C\CCCCCCC)OC(=O)CCCCCCCCCCCCCCCCCCCCCC. The van der Waals surface area contributed by atoms with Crippen molar-refractivity contribution in [1.29, 1.82) is 0 Å². The average Bonchev–Trinajstić information content (AvgIpc) is 3.40. The second-order valence-electron chi connectivity index (χ2n) is 20.9. The number of rotatable bonds is 57. The summed E-state index contributed by atoms with van der Waals surface area (Å²) in [4.78, 5) is 38.2. The van der Waals surface area contributed by atoms with E-state index in [-0.39, 0.29) is 37.5 Å². The van der Waals surface area contributed by atoms with E-state index in [1.54, 1.807) is 0 Å². The van der Waals surface area contributed by atoms with Gasteiger partial charge in [0, 0.05) is 19.3 Å². The highest BCUT2D eigenvalue weighted by molar-refractivity contribution is 5.71. The molecule has 0 fully saturated rings. The van der Waals surface area contributed by atoms with Gasteiger partial charge in [0.15, 0.2) is 6.10 Å². The molecule has 6 nitrogen and oxygen atoms in total. The Hall–Kier alpha value is -3.41. The van der Waals surface area contributed by atoms with Crippen molar-refractivity contribution in [2.24, 2.45) is 0 Å². The van der Waals surface area contributed by atoms with Gasteiger partial charge in [-0.05, 0) is 83.5 Å². The molecular formula is C68H118O6. The molecule has 0 saturated carbocycles. The Labute approximate surface area is 458 Å². The van der Waals surface area contributed by atoms with Crippen molar-refractivity contribution in [3.63, 3.8) is 0 Å². The Balaban J connectivity index is 4.37. The molecule has 0 N–H and O–H groups in total. The lowest BCUT2D eigenvalue weighted by Gasteiger charge is -2.18. The third-order valence-electron chi connectivity index (χ3n) is 13.6. The van der Waals surface area contributed by atoms with Gasteiger partial charge in [0.1, 0.15) is 13.2 Å². The van der Waals surface area contributed by atoms with Crippen LogP contribution in [0.2, 0.25) is 0 Å². The van der Waals surface area contributed by atoms with E-state index in [0.29, 0.717) is 19.3 Å². The number of esters is 3. The first-order valence-electron chi connectivity index (χ1n) is 31.6. The largest absolute Gasteiger partial charge is 0.462 e. The van der Waals surface area contributed by atoms with Gasteiger partial charge in [-0.3, -0.25) is 14.4 Å². The van der Waals surface area contributed by atoms with E-state index < -0.39 is 6.10 Å². The van der Waals surface area contributed by atoms with Gasteiger partial charge in [0.2, 0.25) is 0 Å². The fourth-order valence-electron chi connectivity index (χ4n) is 8.94. The number of carbonyl (C=O) groups is 3. The third kappa shape index (κ3) is 59.5. The maximum atomic E-state index is 12.9. The Morgan fingerprint density at radius 3 is 0.905 bits per heavy atom. The van der Waals surface area contributed by atoms with Gasteiger partial charge in [-0.25, -0.2) is 0 Å². The van der Waals surface area contributed by atoms with Crippen molar-refractivity contribution in [2.75, 3.05) is 13.2 Å². The number of ether oxygens (including phenoxy) is 3. The maximum Gasteiger partial charge on any atom is 0.306 e. The highest BCUT2D eigenvalue weighted by Gasteiger charge is 2.19. The van der Waals surface area contributed by atoms with Crippen LogP contribution in [0.3, 0.4) is 0 Å². The molecule has 0 radical (unpaired) electrons. The number of hydrogen-bond donors (Lipinski definition) is 0. The second-order valence-corrected chi connectivity index (χ2v) is 20.9. The zero-order chi connectivity index (χ0) is 53.6. The first-order valence-corrected chi connectivity index (χ1v) is 31.6. The van der Waals surface area contributed by atoms with Crippen molar-refractivity contribution in [3.05, 3.63) is 85.1 Å². The highest BCUT2D eigenvalue weighted by Crippen LogP contribution is 2.17. The summed E-state index contributed by atoms with van der Waals surface area (Å²) >= 11 is 0. The van der Waals surface area contributed by atoms with E-state index in [4.69, 9.17) is 14.2 Å². The van der Waals surface area contributed by atoms with E-state index in [2.05, 4.69) is 99.8 Å². The predicted molar refractivity (Wildman–Crippen MR) is 321 cm³/mol. The van der Waals surface area contributed by atoms with Crippen molar-refractivity contribution in [2.45, 2.75) is 316 Å². The Morgan fingerprint density at radius 1 is 0.284 bits per heavy atom. The van der Waals surface area contributed by atoms with Crippen LogP contribution in [0.5, 0.6) is 0 Å². The van der Waals surface area contributed by atoms with E-state index in [0.717, 1.165) is 83.5 Å². The molecule has 0 aromatic heterocycles. The van der Waals surface area contributed by atoms with E-state index in [1.165, 1.54) is 180 Å². The van der Waals surface area contributed by atoms with Crippen molar-refractivity contribution in [3.8, 4) is 0 Å². The van der Waals surface area contributed by atoms with Gasteiger partial charge in [-0.1, -0.05) is 292 Å². The number of unbranched alkanes of at least 4 members (excludes halogenated alkanes) is 32. The minimum atomic E-state index is -0.808. The first kappa shape index (κ1) is 70.6. The summed E-state index contributed by atoms with van der Waals surface area (Å²) in [6.07, 6.45) is 81.8. The molecule has 0 amide bonds.